The van der Waals surface area contributed by atoms with E-state index in [9.17, 15) is 22.4 Å². The summed E-state index contributed by atoms with van der Waals surface area (Å²) < 4.78 is 61.1. The second-order valence-corrected chi connectivity index (χ2v) is 5.74. The van der Waals surface area contributed by atoms with Crippen molar-refractivity contribution in [3.8, 4) is 0 Å². The van der Waals surface area contributed by atoms with Gasteiger partial charge < -0.3 is 9.53 Å². The van der Waals surface area contributed by atoms with Gasteiger partial charge in [0.2, 0.25) is 5.83 Å². The van der Waals surface area contributed by atoms with Crippen LogP contribution in [0.25, 0.3) is 0 Å². The van der Waals surface area contributed by atoms with Gasteiger partial charge in [0.1, 0.15) is 5.78 Å². The Morgan fingerprint density at radius 3 is 1.81 bits per heavy atom. The molecule has 0 rings (SSSR count). The number of carbonyl (C=O) groups is 1. The van der Waals surface area contributed by atoms with Gasteiger partial charge in [0.15, 0.2) is 23.2 Å². The first kappa shape index (κ1) is 23.6. The van der Waals surface area contributed by atoms with Gasteiger partial charge in [-0.1, -0.05) is 33.2 Å². The van der Waals surface area contributed by atoms with E-state index < -0.39 is 46.1 Å². The van der Waals surface area contributed by atoms with Crippen LogP contribution < -0.4 is 0 Å². The van der Waals surface area contributed by atoms with Crippen LogP contribution in [0.4, 0.5) is 17.6 Å². The number of rotatable bonds is 11. The smallest absolute Gasteiger partial charge is 0.200 e. The van der Waals surface area contributed by atoms with Crippen molar-refractivity contribution >= 4 is 5.78 Å². The topological polar surface area (TPSA) is 26.3 Å². The molecule has 0 N–H and O–H groups in total. The van der Waals surface area contributed by atoms with Crippen LogP contribution in [0.3, 0.4) is 0 Å². The number of halogens is 4. The highest BCUT2D eigenvalue weighted by Crippen LogP contribution is 2.34. The van der Waals surface area contributed by atoms with E-state index in [4.69, 9.17) is 4.74 Å². The highest BCUT2D eigenvalue weighted by Gasteiger charge is 2.23. The Morgan fingerprint density at radius 1 is 0.923 bits per heavy atom. The maximum atomic E-state index is 14.3. The summed E-state index contributed by atoms with van der Waals surface area (Å²) in [6.45, 7) is 17.6. The van der Waals surface area contributed by atoms with Gasteiger partial charge in [-0.15, -0.1) is 0 Å². The summed E-state index contributed by atoms with van der Waals surface area (Å²) in [5.74, 6) is -7.08. The molecule has 1 unspecified atom stereocenters. The SMILES string of the molecule is C=C(OCC)/C(F)=C(/F)C(=C)C(=C)/C(F)=C(/F)C(=C)C(C)CCC(C)=O. The fourth-order valence-corrected chi connectivity index (χ4v) is 1.84. The highest BCUT2D eigenvalue weighted by atomic mass is 19.2. The molecule has 0 aromatic heterocycles. The molecule has 0 aromatic carbocycles. The van der Waals surface area contributed by atoms with Gasteiger partial charge in [-0.05, 0) is 31.8 Å². The lowest BCUT2D eigenvalue weighted by molar-refractivity contribution is -0.117. The van der Waals surface area contributed by atoms with E-state index in [2.05, 4.69) is 26.3 Å². The minimum atomic E-state index is -1.55. The molecule has 0 radical (unpaired) electrons. The van der Waals surface area contributed by atoms with Crippen LogP contribution in [0, 0.1) is 5.92 Å². The average molecular weight is 372 g/mol. The molecule has 0 bridgehead atoms. The lowest BCUT2D eigenvalue weighted by atomic mass is 9.93. The zero-order valence-electron chi connectivity index (χ0n) is 15.4. The van der Waals surface area contributed by atoms with Crippen molar-refractivity contribution in [3.63, 3.8) is 0 Å². The molecular weight excluding hydrogens is 348 g/mol. The highest BCUT2D eigenvalue weighted by molar-refractivity contribution is 5.75. The zero-order chi connectivity index (χ0) is 20.6. The molecule has 1 atom stereocenters. The van der Waals surface area contributed by atoms with Crippen LogP contribution in [0.15, 0.2) is 72.1 Å². The molecule has 2 nitrogen and oxygen atoms in total. The maximum absolute atomic E-state index is 14.3. The van der Waals surface area contributed by atoms with Crippen LogP contribution in [0.1, 0.15) is 33.6 Å². The lowest BCUT2D eigenvalue weighted by Gasteiger charge is -2.14. The summed E-state index contributed by atoms with van der Waals surface area (Å²) in [5, 5.41) is 0. The predicted molar refractivity (Wildman–Crippen MR) is 95.7 cm³/mol. The van der Waals surface area contributed by atoms with Crippen molar-refractivity contribution < 1.29 is 27.1 Å². The molecule has 0 heterocycles. The number of carbonyl (C=O) groups excluding carboxylic acids is 1. The first-order valence-corrected chi connectivity index (χ1v) is 7.95. The number of ketones is 1. The van der Waals surface area contributed by atoms with E-state index in [1.807, 2.05) is 0 Å². The van der Waals surface area contributed by atoms with Crippen LogP contribution in [0.5, 0.6) is 0 Å². The molecule has 26 heavy (non-hydrogen) atoms. The summed E-state index contributed by atoms with van der Waals surface area (Å²) in [7, 11) is 0. The standard InChI is InChI=1S/C20H24F4O2/c1-8-26-16(7)20(24)19(23)15(6)14(5)18(22)17(21)13(4)11(2)9-10-12(3)25/h11H,4-10H2,1-3H3/b18-17-,20-19-. The van der Waals surface area contributed by atoms with Crippen molar-refractivity contribution in [2.75, 3.05) is 6.61 Å². The van der Waals surface area contributed by atoms with Crippen LogP contribution in [-0.4, -0.2) is 12.4 Å². The zero-order valence-corrected chi connectivity index (χ0v) is 15.4. The third kappa shape index (κ3) is 6.50. The molecule has 144 valence electrons. The Morgan fingerprint density at radius 2 is 1.38 bits per heavy atom. The van der Waals surface area contributed by atoms with Gasteiger partial charge in [0, 0.05) is 17.6 Å². The minimum Gasteiger partial charge on any atom is -0.491 e. The second-order valence-electron chi connectivity index (χ2n) is 5.74. The Labute approximate surface area is 151 Å². The van der Waals surface area contributed by atoms with E-state index in [0.717, 1.165) is 0 Å². The Kier molecular flexibility index (Phi) is 9.62. The summed E-state index contributed by atoms with van der Waals surface area (Å²) in [4.78, 5) is 11.0. The van der Waals surface area contributed by atoms with Crippen molar-refractivity contribution in [1.82, 2.24) is 0 Å². The summed E-state index contributed by atoms with van der Waals surface area (Å²) in [5.41, 5.74) is -1.75. The molecule has 0 aliphatic heterocycles. The quantitative estimate of drug-likeness (QED) is 0.235. The van der Waals surface area contributed by atoms with Crippen LogP contribution in [-0.2, 0) is 9.53 Å². The summed E-state index contributed by atoms with van der Waals surface area (Å²) >= 11 is 0. The van der Waals surface area contributed by atoms with Gasteiger partial charge in [0.05, 0.1) is 6.61 Å². The fraction of sp³-hybridized carbons (Fsp3) is 0.350. The van der Waals surface area contributed by atoms with Gasteiger partial charge in [0.25, 0.3) is 0 Å². The van der Waals surface area contributed by atoms with Crippen LogP contribution >= 0.6 is 0 Å². The van der Waals surface area contributed by atoms with Crippen molar-refractivity contribution in [2.24, 2.45) is 5.92 Å². The lowest BCUT2D eigenvalue weighted by Crippen LogP contribution is -2.04. The first-order valence-electron chi connectivity index (χ1n) is 7.95. The molecule has 0 fully saturated rings. The Hall–Kier alpha value is -2.37. The van der Waals surface area contributed by atoms with Crippen molar-refractivity contribution in [1.29, 1.82) is 0 Å². The van der Waals surface area contributed by atoms with Crippen molar-refractivity contribution in [3.05, 3.63) is 72.1 Å². The molecule has 0 aliphatic rings. The molecular formula is C20H24F4O2. The maximum Gasteiger partial charge on any atom is 0.200 e. The van der Waals surface area contributed by atoms with Gasteiger partial charge in [-0.2, -0.15) is 4.39 Å². The third-order valence-corrected chi connectivity index (χ3v) is 3.65. The second kappa shape index (κ2) is 10.6. The number of hydrogen-bond donors (Lipinski definition) is 0. The van der Waals surface area contributed by atoms with Crippen LogP contribution in [0.2, 0.25) is 0 Å². The Balaban J connectivity index is 5.44. The molecule has 6 heteroatoms. The number of Topliss-reactive ketones (excluding diaryl/α,β-unsaturated/α-hetero) is 1. The van der Waals surface area contributed by atoms with Gasteiger partial charge in [-0.25, -0.2) is 13.2 Å². The molecule has 0 saturated heterocycles. The van der Waals surface area contributed by atoms with E-state index in [0.29, 0.717) is 0 Å². The molecule has 0 aromatic rings. The average Bonchev–Trinajstić information content (AvgIpc) is 2.61. The molecule has 0 amide bonds. The normalized spacial score (nSPS) is 14.0. The molecule has 0 spiro atoms. The fourth-order valence-electron chi connectivity index (χ4n) is 1.84. The Bertz CT molecular complexity index is 684. The monoisotopic (exact) mass is 372 g/mol. The molecule has 0 saturated carbocycles. The predicted octanol–water partition coefficient (Wildman–Crippen LogP) is 6.51. The number of hydrogen-bond acceptors (Lipinski definition) is 2. The first-order chi connectivity index (χ1) is 11.9. The third-order valence-electron chi connectivity index (χ3n) is 3.65. The number of ether oxygens (including phenoxy) is 1. The summed E-state index contributed by atoms with van der Waals surface area (Å²) in [6, 6.07) is 0. The van der Waals surface area contributed by atoms with Gasteiger partial charge in [-0.3, -0.25) is 0 Å². The van der Waals surface area contributed by atoms with E-state index in [-0.39, 0.29) is 30.8 Å². The summed E-state index contributed by atoms with van der Waals surface area (Å²) in [6.07, 6.45) is 0.463. The minimum absolute atomic E-state index is 0.0494. The number of allylic oxidation sites excluding steroid dienone is 7. The van der Waals surface area contributed by atoms with E-state index >= 15 is 0 Å². The molecule has 0 aliphatic carbocycles. The van der Waals surface area contributed by atoms with Crippen molar-refractivity contribution in [2.45, 2.75) is 33.6 Å². The largest absolute Gasteiger partial charge is 0.491 e. The van der Waals surface area contributed by atoms with E-state index in [1.165, 1.54) is 6.92 Å². The van der Waals surface area contributed by atoms with E-state index in [1.54, 1.807) is 13.8 Å². The van der Waals surface area contributed by atoms with Gasteiger partial charge >= 0.3 is 0 Å².